The Morgan fingerprint density at radius 3 is 2.42 bits per heavy atom. The van der Waals surface area contributed by atoms with Crippen molar-refractivity contribution in [3.8, 4) is 0 Å². The SMILES string of the molecule is CN(CCCCNc1cccc2c1C(=O)N(C1CCC(=O)NC1=O)C2=O)CC1CCC(n2cc3cc(NC(=O)c4cccc(C(F)(F)F)n4)c(C(C)(C)O)cc3n2)CC1. The topological polar surface area (TPSA) is 179 Å². The van der Waals surface area contributed by atoms with Crippen LogP contribution in [0.1, 0.15) is 114 Å². The Balaban J connectivity index is 0.888. The number of unbranched alkanes of at least 4 members (excludes halogenated alkanes) is 1. The van der Waals surface area contributed by atoms with Crippen LogP contribution in [0.4, 0.5) is 24.5 Å². The van der Waals surface area contributed by atoms with Gasteiger partial charge in [-0.2, -0.15) is 18.3 Å². The number of alkyl halides is 3. The van der Waals surface area contributed by atoms with Gasteiger partial charge in [-0.15, -0.1) is 0 Å². The van der Waals surface area contributed by atoms with Gasteiger partial charge in [-0.25, -0.2) is 4.98 Å². The van der Waals surface area contributed by atoms with Gasteiger partial charge in [0, 0.05) is 48.0 Å². The molecule has 59 heavy (non-hydrogen) atoms. The maximum Gasteiger partial charge on any atom is 0.433 e. The summed E-state index contributed by atoms with van der Waals surface area (Å²) >= 11 is 0. The first-order valence-electron chi connectivity index (χ1n) is 19.9. The molecular weight excluding hydrogens is 770 g/mol. The summed E-state index contributed by atoms with van der Waals surface area (Å²) in [5.74, 6) is -2.45. The Bertz CT molecular complexity index is 2300. The van der Waals surface area contributed by atoms with E-state index in [1.165, 1.54) is 6.07 Å². The van der Waals surface area contributed by atoms with Crippen molar-refractivity contribution >= 4 is 51.8 Å². The summed E-state index contributed by atoms with van der Waals surface area (Å²) < 4.78 is 41.6. The van der Waals surface area contributed by atoms with E-state index in [9.17, 15) is 42.3 Å². The second-order valence-electron chi connectivity index (χ2n) is 16.2. The van der Waals surface area contributed by atoms with Crippen LogP contribution in [0.15, 0.2) is 54.7 Å². The number of halogens is 3. The molecule has 312 valence electrons. The van der Waals surface area contributed by atoms with E-state index in [0.717, 1.165) is 68.6 Å². The smallest absolute Gasteiger partial charge is 0.386 e. The lowest BCUT2D eigenvalue weighted by Gasteiger charge is -2.31. The van der Waals surface area contributed by atoms with Crippen LogP contribution >= 0.6 is 0 Å². The molecule has 4 N–H and O–H groups in total. The normalized spacial score (nSPS) is 20.0. The van der Waals surface area contributed by atoms with E-state index in [-0.39, 0.29) is 35.7 Å². The molecule has 1 unspecified atom stereocenters. The molecule has 2 aromatic heterocycles. The Hall–Kier alpha value is -5.68. The second kappa shape index (κ2) is 16.5. The molecule has 4 aromatic rings. The van der Waals surface area contributed by atoms with Crippen LogP contribution in [0.5, 0.6) is 0 Å². The van der Waals surface area contributed by atoms with E-state index >= 15 is 0 Å². The summed E-state index contributed by atoms with van der Waals surface area (Å²) in [7, 11) is 2.11. The van der Waals surface area contributed by atoms with E-state index in [1.54, 1.807) is 44.2 Å². The summed E-state index contributed by atoms with van der Waals surface area (Å²) in [6.45, 7) is 5.53. The average Bonchev–Trinajstić information content (AvgIpc) is 3.71. The summed E-state index contributed by atoms with van der Waals surface area (Å²) in [5.41, 5.74) is -0.683. The van der Waals surface area contributed by atoms with Gasteiger partial charge in [-0.1, -0.05) is 12.1 Å². The monoisotopic (exact) mass is 816 g/mol. The Morgan fingerprint density at radius 2 is 1.71 bits per heavy atom. The standard InChI is InChI=1S/C42H47F3N8O6/c1-41(2,59)28-21-31-25(20-32(28)48-37(55)30-10-7-11-34(47-30)42(43,44)45)23-52(50-31)26-14-12-24(13-15-26)22-51(3)19-5-4-18-46-29-9-6-8-27-36(29)40(58)53(39(27)57)33-16-17-35(54)49-38(33)56/h6-11,20-21,23-24,26,33,46,59H,4-5,12-19,22H2,1-3H3,(H,48,55)(H,49,54,56). The highest BCUT2D eigenvalue weighted by Crippen LogP contribution is 2.37. The predicted octanol–water partition coefficient (Wildman–Crippen LogP) is 5.89. The highest BCUT2D eigenvalue weighted by atomic mass is 19.4. The van der Waals surface area contributed by atoms with E-state index in [1.807, 2.05) is 10.9 Å². The third-order valence-corrected chi connectivity index (χ3v) is 11.4. The summed E-state index contributed by atoms with van der Waals surface area (Å²) in [6.07, 6.45) is 2.96. The number of hydrogen-bond acceptors (Lipinski definition) is 10. The number of carbonyl (C=O) groups excluding carboxylic acids is 5. The van der Waals surface area contributed by atoms with Crippen LogP contribution in [0.3, 0.4) is 0 Å². The zero-order chi connectivity index (χ0) is 42.2. The number of aromatic nitrogens is 3. The number of rotatable bonds is 13. The molecule has 1 atom stereocenters. The van der Waals surface area contributed by atoms with Crippen LogP contribution in [0.2, 0.25) is 0 Å². The molecule has 14 nitrogen and oxygen atoms in total. The molecule has 0 radical (unpaired) electrons. The fraction of sp³-hybridized carbons (Fsp3) is 0.452. The molecule has 0 spiro atoms. The number of nitrogens with one attached hydrogen (secondary N) is 3. The molecule has 17 heteroatoms. The van der Waals surface area contributed by atoms with Crippen LogP contribution in [-0.2, 0) is 21.4 Å². The Labute approximate surface area is 338 Å². The number of piperidine rings is 1. The highest BCUT2D eigenvalue weighted by Gasteiger charge is 2.45. The first kappa shape index (κ1) is 41.5. The van der Waals surface area contributed by atoms with Crippen molar-refractivity contribution in [2.75, 3.05) is 37.3 Å². The number of amides is 5. The van der Waals surface area contributed by atoms with Crippen molar-refractivity contribution in [3.05, 3.63) is 82.8 Å². The van der Waals surface area contributed by atoms with Crippen molar-refractivity contribution in [2.45, 2.75) is 89.1 Å². The summed E-state index contributed by atoms with van der Waals surface area (Å²) in [4.78, 5) is 70.4. The fourth-order valence-electron chi connectivity index (χ4n) is 8.31. The van der Waals surface area contributed by atoms with Gasteiger partial charge in [0.15, 0.2) is 0 Å². The van der Waals surface area contributed by atoms with Gasteiger partial charge < -0.3 is 20.6 Å². The third-order valence-electron chi connectivity index (χ3n) is 11.4. The summed E-state index contributed by atoms with van der Waals surface area (Å²) in [5, 5.41) is 24.7. The van der Waals surface area contributed by atoms with Crippen molar-refractivity contribution < 1.29 is 42.3 Å². The Morgan fingerprint density at radius 1 is 0.966 bits per heavy atom. The van der Waals surface area contributed by atoms with Gasteiger partial charge in [-0.05, 0) is 115 Å². The van der Waals surface area contributed by atoms with Crippen LogP contribution in [-0.4, -0.2) is 91.9 Å². The summed E-state index contributed by atoms with van der Waals surface area (Å²) in [6, 6.07) is 10.7. The molecule has 2 fully saturated rings. The lowest BCUT2D eigenvalue weighted by molar-refractivity contribution is -0.141. The number of aliphatic hydroxyl groups is 1. The van der Waals surface area contributed by atoms with Crippen molar-refractivity contribution in [1.82, 2.24) is 29.9 Å². The zero-order valence-electron chi connectivity index (χ0n) is 33.1. The van der Waals surface area contributed by atoms with Crippen molar-refractivity contribution in [3.63, 3.8) is 0 Å². The molecule has 1 aliphatic carbocycles. The maximum absolute atomic E-state index is 13.4. The largest absolute Gasteiger partial charge is 0.433 e. The van der Waals surface area contributed by atoms with E-state index < -0.39 is 58.7 Å². The number of benzene rings is 2. The molecule has 5 amide bonds. The lowest BCUT2D eigenvalue weighted by Crippen LogP contribution is -2.54. The first-order chi connectivity index (χ1) is 28.0. The number of anilines is 2. The minimum Gasteiger partial charge on any atom is -0.386 e. The molecule has 1 saturated carbocycles. The van der Waals surface area contributed by atoms with E-state index in [2.05, 4.69) is 32.9 Å². The van der Waals surface area contributed by atoms with Crippen LogP contribution in [0.25, 0.3) is 10.9 Å². The Kier molecular flexibility index (Phi) is 11.6. The van der Waals surface area contributed by atoms with Crippen molar-refractivity contribution in [1.29, 1.82) is 0 Å². The molecule has 1 saturated heterocycles. The maximum atomic E-state index is 13.4. The first-order valence-corrected chi connectivity index (χ1v) is 19.9. The fourth-order valence-corrected chi connectivity index (χ4v) is 8.31. The van der Waals surface area contributed by atoms with Gasteiger partial charge in [0.05, 0.1) is 28.3 Å². The molecule has 2 aromatic carbocycles. The van der Waals surface area contributed by atoms with Gasteiger partial charge in [0.2, 0.25) is 11.8 Å². The number of hydrogen-bond donors (Lipinski definition) is 4. The third kappa shape index (κ3) is 9.00. The number of nitrogens with zero attached hydrogens (tertiary/aromatic N) is 5. The minimum absolute atomic E-state index is 0.0616. The molecule has 7 rings (SSSR count). The van der Waals surface area contributed by atoms with Gasteiger partial charge in [-0.3, -0.25) is 38.9 Å². The van der Waals surface area contributed by atoms with Gasteiger partial charge in [0.25, 0.3) is 17.7 Å². The number of imide groups is 2. The lowest BCUT2D eigenvalue weighted by atomic mass is 9.86. The minimum atomic E-state index is -4.70. The number of pyridine rings is 1. The van der Waals surface area contributed by atoms with Crippen LogP contribution in [0, 0.1) is 5.92 Å². The van der Waals surface area contributed by atoms with Crippen LogP contribution < -0.4 is 16.0 Å². The highest BCUT2D eigenvalue weighted by molar-refractivity contribution is 6.25. The molecule has 0 bridgehead atoms. The molecular formula is C42H47F3N8O6. The second-order valence-corrected chi connectivity index (χ2v) is 16.2. The van der Waals surface area contributed by atoms with E-state index in [0.29, 0.717) is 34.6 Å². The number of fused-ring (bicyclic) bond motifs is 2. The zero-order valence-corrected chi connectivity index (χ0v) is 33.1. The molecule has 3 aliphatic rings. The van der Waals surface area contributed by atoms with Gasteiger partial charge in [0.1, 0.15) is 17.4 Å². The predicted molar refractivity (Wildman–Crippen MR) is 211 cm³/mol. The molecule has 2 aliphatic heterocycles. The quantitative estimate of drug-likeness (QED) is 0.0940. The number of carbonyl (C=O) groups is 5. The molecule has 4 heterocycles. The van der Waals surface area contributed by atoms with E-state index in [4.69, 9.17) is 5.10 Å². The average molecular weight is 817 g/mol. The van der Waals surface area contributed by atoms with Gasteiger partial charge >= 0.3 is 6.18 Å². The van der Waals surface area contributed by atoms with Crippen molar-refractivity contribution in [2.24, 2.45) is 5.92 Å².